The normalized spacial score (nSPS) is 30.7. The summed E-state index contributed by atoms with van der Waals surface area (Å²) in [5.41, 5.74) is 1.26. The molecule has 0 spiro atoms. The SMILES string of the molecule is OCCC#CC1=CC2CCC(C1)N2. The van der Waals surface area contributed by atoms with E-state index in [1.807, 2.05) is 0 Å². The minimum absolute atomic E-state index is 0.172. The lowest BCUT2D eigenvalue weighted by atomic mass is 10.0. The topological polar surface area (TPSA) is 32.3 Å². The molecule has 0 aliphatic carbocycles. The van der Waals surface area contributed by atoms with Gasteiger partial charge in [-0.25, -0.2) is 0 Å². The van der Waals surface area contributed by atoms with Crippen molar-refractivity contribution in [2.24, 2.45) is 0 Å². The standard InChI is InChI=1S/C11H15NO/c13-6-2-1-3-9-7-10-4-5-11(8-9)12-10/h7,10-13H,2,4-6,8H2. The van der Waals surface area contributed by atoms with Crippen molar-refractivity contribution in [1.82, 2.24) is 5.32 Å². The molecule has 13 heavy (non-hydrogen) atoms. The lowest BCUT2D eigenvalue weighted by Crippen LogP contribution is -2.32. The van der Waals surface area contributed by atoms with E-state index in [1.54, 1.807) is 0 Å². The molecule has 2 atom stereocenters. The third kappa shape index (κ3) is 2.12. The van der Waals surface area contributed by atoms with Gasteiger partial charge in [-0.1, -0.05) is 17.9 Å². The Hall–Kier alpha value is -0.780. The first-order chi connectivity index (χ1) is 6.38. The van der Waals surface area contributed by atoms with Crippen LogP contribution in [0, 0.1) is 11.8 Å². The average Bonchev–Trinajstić information content (AvgIpc) is 2.46. The number of fused-ring (bicyclic) bond motifs is 2. The van der Waals surface area contributed by atoms with Gasteiger partial charge in [-0.15, -0.1) is 0 Å². The molecule has 2 rings (SSSR count). The summed E-state index contributed by atoms with van der Waals surface area (Å²) < 4.78 is 0. The summed E-state index contributed by atoms with van der Waals surface area (Å²) in [7, 11) is 0. The molecule has 70 valence electrons. The van der Waals surface area contributed by atoms with Crippen molar-refractivity contribution in [2.45, 2.75) is 37.8 Å². The van der Waals surface area contributed by atoms with Crippen LogP contribution in [0.4, 0.5) is 0 Å². The van der Waals surface area contributed by atoms with Crippen molar-refractivity contribution in [3.8, 4) is 11.8 Å². The van der Waals surface area contributed by atoms with Crippen molar-refractivity contribution in [2.75, 3.05) is 6.61 Å². The maximum atomic E-state index is 8.58. The van der Waals surface area contributed by atoms with E-state index < -0.39 is 0 Å². The predicted octanol–water partition coefficient (Wildman–Crippen LogP) is 0.823. The highest BCUT2D eigenvalue weighted by molar-refractivity contribution is 5.33. The number of rotatable bonds is 1. The van der Waals surface area contributed by atoms with Crippen molar-refractivity contribution in [1.29, 1.82) is 0 Å². The van der Waals surface area contributed by atoms with E-state index >= 15 is 0 Å². The van der Waals surface area contributed by atoms with E-state index in [0.717, 1.165) is 6.42 Å². The maximum absolute atomic E-state index is 8.58. The molecule has 1 saturated heterocycles. The highest BCUT2D eigenvalue weighted by Gasteiger charge is 2.26. The van der Waals surface area contributed by atoms with Crippen LogP contribution < -0.4 is 5.32 Å². The van der Waals surface area contributed by atoms with Gasteiger partial charge in [0, 0.05) is 24.1 Å². The van der Waals surface area contributed by atoms with Gasteiger partial charge in [0.2, 0.25) is 0 Å². The number of hydrogen-bond acceptors (Lipinski definition) is 2. The highest BCUT2D eigenvalue weighted by Crippen LogP contribution is 2.25. The molecule has 0 radical (unpaired) electrons. The van der Waals surface area contributed by atoms with Gasteiger partial charge in [0.15, 0.2) is 0 Å². The fourth-order valence-corrected chi connectivity index (χ4v) is 2.04. The minimum atomic E-state index is 0.172. The smallest absolute Gasteiger partial charge is 0.0540 e. The zero-order valence-electron chi connectivity index (χ0n) is 7.71. The first-order valence-electron chi connectivity index (χ1n) is 4.95. The van der Waals surface area contributed by atoms with Crippen LogP contribution in [-0.2, 0) is 0 Å². The molecule has 2 aliphatic heterocycles. The minimum Gasteiger partial charge on any atom is -0.395 e. The van der Waals surface area contributed by atoms with Crippen LogP contribution in [0.3, 0.4) is 0 Å². The fraction of sp³-hybridized carbons (Fsp3) is 0.636. The molecule has 2 unspecified atom stereocenters. The first-order valence-corrected chi connectivity index (χ1v) is 4.95. The van der Waals surface area contributed by atoms with Crippen LogP contribution in [0.5, 0.6) is 0 Å². The Morgan fingerprint density at radius 3 is 3.23 bits per heavy atom. The van der Waals surface area contributed by atoms with Gasteiger partial charge >= 0.3 is 0 Å². The highest BCUT2D eigenvalue weighted by atomic mass is 16.2. The van der Waals surface area contributed by atoms with Crippen molar-refractivity contribution in [3.05, 3.63) is 11.6 Å². The van der Waals surface area contributed by atoms with Crippen LogP contribution in [0.15, 0.2) is 11.6 Å². The third-order valence-electron chi connectivity index (χ3n) is 2.63. The van der Waals surface area contributed by atoms with Gasteiger partial charge in [-0.2, -0.15) is 0 Å². The summed E-state index contributed by atoms with van der Waals surface area (Å²) in [6, 6.07) is 1.23. The average molecular weight is 177 g/mol. The molecule has 0 aromatic heterocycles. The number of aliphatic hydroxyl groups is 1. The molecule has 1 fully saturated rings. The van der Waals surface area contributed by atoms with Gasteiger partial charge in [-0.05, 0) is 19.3 Å². The third-order valence-corrected chi connectivity index (χ3v) is 2.63. The van der Waals surface area contributed by atoms with Gasteiger partial charge in [-0.3, -0.25) is 0 Å². The van der Waals surface area contributed by atoms with Gasteiger partial charge in [0.05, 0.1) is 6.61 Å². The second-order valence-electron chi connectivity index (χ2n) is 3.72. The second-order valence-corrected chi connectivity index (χ2v) is 3.72. The largest absolute Gasteiger partial charge is 0.395 e. The van der Waals surface area contributed by atoms with Crippen LogP contribution in [0.25, 0.3) is 0 Å². The van der Waals surface area contributed by atoms with E-state index in [1.165, 1.54) is 18.4 Å². The Labute approximate surface area is 79.0 Å². The Bertz CT molecular complexity index is 272. The molecular formula is C11H15NO. The molecule has 2 aliphatic rings. The van der Waals surface area contributed by atoms with Crippen LogP contribution in [-0.4, -0.2) is 23.8 Å². The lowest BCUT2D eigenvalue weighted by molar-refractivity contribution is 0.305. The quantitative estimate of drug-likeness (QED) is 0.581. The molecule has 2 bridgehead atoms. The summed E-state index contributed by atoms with van der Waals surface area (Å²) in [6.45, 7) is 0.172. The van der Waals surface area contributed by atoms with Crippen molar-refractivity contribution >= 4 is 0 Å². The molecule has 2 heteroatoms. The Morgan fingerprint density at radius 2 is 2.46 bits per heavy atom. The van der Waals surface area contributed by atoms with E-state index in [-0.39, 0.29) is 6.61 Å². The molecule has 0 aromatic carbocycles. The zero-order valence-corrected chi connectivity index (χ0v) is 7.71. The molecule has 2 N–H and O–H groups in total. The monoisotopic (exact) mass is 177 g/mol. The Balaban J connectivity index is 1.98. The Morgan fingerprint density at radius 1 is 1.54 bits per heavy atom. The van der Waals surface area contributed by atoms with Crippen molar-refractivity contribution < 1.29 is 5.11 Å². The van der Waals surface area contributed by atoms with E-state index in [0.29, 0.717) is 18.5 Å². The molecule has 0 saturated carbocycles. The predicted molar refractivity (Wildman–Crippen MR) is 52.1 cm³/mol. The van der Waals surface area contributed by atoms with E-state index in [9.17, 15) is 0 Å². The van der Waals surface area contributed by atoms with Crippen LogP contribution in [0.1, 0.15) is 25.7 Å². The molecule has 0 aromatic rings. The molecule has 2 heterocycles. The zero-order chi connectivity index (χ0) is 9.10. The number of aliphatic hydroxyl groups excluding tert-OH is 1. The summed E-state index contributed by atoms with van der Waals surface area (Å²) >= 11 is 0. The van der Waals surface area contributed by atoms with Gasteiger partial charge < -0.3 is 10.4 Å². The van der Waals surface area contributed by atoms with E-state index in [2.05, 4.69) is 23.2 Å². The molecule has 0 amide bonds. The van der Waals surface area contributed by atoms with E-state index in [4.69, 9.17) is 5.11 Å². The first kappa shape index (κ1) is 8.80. The van der Waals surface area contributed by atoms with Crippen molar-refractivity contribution in [3.63, 3.8) is 0 Å². The summed E-state index contributed by atoms with van der Waals surface area (Å²) in [5, 5.41) is 12.1. The Kier molecular flexibility index (Phi) is 2.68. The van der Waals surface area contributed by atoms with Crippen LogP contribution in [0.2, 0.25) is 0 Å². The second kappa shape index (κ2) is 3.95. The lowest BCUT2D eigenvalue weighted by Gasteiger charge is -2.17. The molecule has 2 nitrogen and oxygen atoms in total. The maximum Gasteiger partial charge on any atom is 0.0540 e. The molecular weight excluding hydrogens is 162 g/mol. The fourth-order valence-electron chi connectivity index (χ4n) is 2.04. The number of nitrogens with one attached hydrogen (secondary N) is 1. The van der Waals surface area contributed by atoms with Crippen LogP contribution >= 0.6 is 0 Å². The number of hydrogen-bond donors (Lipinski definition) is 2. The summed E-state index contributed by atoms with van der Waals surface area (Å²) in [6.07, 6.45) is 6.46. The summed E-state index contributed by atoms with van der Waals surface area (Å²) in [4.78, 5) is 0. The summed E-state index contributed by atoms with van der Waals surface area (Å²) in [5.74, 6) is 6.11. The van der Waals surface area contributed by atoms with Gasteiger partial charge in [0.25, 0.3) is 0 Å². The van der Waals surface area contributed by atoms with Gasteiger partial charge in [0.1, 0.15) is 0 Å².